The summed E-state index contributed by atoms with van der Waals surface area (Å²) >= 11 is 0. The van der Waals surface area contributed by atoms with Crippen LogP contribution in [-0.4, -0.2) is 17.3 Å². The summed E-state index contributed by atoms with van der Waals surface area (Å²) in [4.78, 5) is 0. The summed E-state index contributed by atoms with van der Waals surface area (Å²) in [5, 5.41) is 6.10. The predicted octanol–water partition coefficient (Wildman–Crippen LogP) is 1.99. The smallest absolute Gasteiger partial charge is 0.0518 e. The molecule has 0 radical (unpaired) electrons. The minimum atomic E-state index is 0.633. The Morgan fingerprint density at radius 2 is 2.30 bits per heavy atom. The average Bonchev–Trinajstić information content (AvgIpc) is 1.83. The molecular formula is C8H14N2. The monoisotopic (exact) mass is 138 g/mol. The molecule has 0 bridgehead atoms. The fourth-order valence-corrected chi connectivity index (χ4v) is 1.08. The molecule has 1 aliphatic rings. The van der Waals surface area contributed by atoms with Crippen LogP contribution in [0, 0.1) is 0 Å². The predicted molar refractivity (Wildman–Crippen MR) is 43.8 cm³/mol. The van der Waals surface area contributed by atoms with E-state index >= 15 is 0 Å². The van der Waals surface area contributed by atoms with Crippen molar-refractivity contribution in [1.29, 1.82) is 0 Å². The van der Waals surface area contributed by atoms with Gasteiger partial charge >= 0.3 is 0 Å². The van der Waals surface area contributed by atoms with Gasteiger partial charge in [0.25, 0.3) is 0 Å². The molecule has 1 rings (SSSR count). The summed E-state index contributed by atoms with van der Waals surface area (Å²) in [6.45, 7) is 5.62. The number of hydrogen-bond acceptors (Lipinski definition) is 2. The zero-order chi connectivity index (χ0) is 7.40. The molecule has 0 amide bonds. The summed E-state index contributed by atoms with van der Waals surface area (Å²) in [6.07, 6.45) is 7.48. The van der Waals surface area contributed by atoms with E-state index in [1.54, 1.807) is 12.4 Å². The van der Waals surface area contributed by atoms with Crippen molar-refractivity contribution in [2.75, 3.05) is 0 Å². The van der Waals surface area contributed by atoms with Gasteiger partial charge in [-0.05, 0) is 26.2 Å². The van der Waals surface area contributed by atoms with E-state index in [1.165, 1.54) is 19.3 Å². The molecule has 0 saturated heterocycles. The normalized spacial score (nSPS) is 18.9. The fraction of sp³-hybridized carbons (Fsp3) is 0.625. The number of nitrogens with zero attached hydrogens (tertiary/aromatic N) is 2. The van der Waals surface area contributed by atoms with Crippen LogP contribution in [0.3, 0.4) is 0 Å². The van der Waals surface area contributed by atoms with Gasteiger partial charge in [0.15, 0.2) is 0 Å². The minimum Gasteiger partial charge on any atom is -0.271 e. The Bertz CT molecular complexity index is 136. The van der Waals surface area contributed by atoms with E-state index in [1.807, 2.05) is 11.9 Å². The van der Waals surface area contributed by atoms with E-state index in [4.69, 9.17) is 0 Å². The number of hydrogen-bond donors (Lipinski definition) is 0. The van der Waals surface area contributed by atoms with Crippen LogP contribution in [0.15, 0.2) is 17.9 Å². The summed E-state index contributed by atoms with van der Waals surface area (Å²) in [5.74, 6) is 0. The first kappa shape index (κ1) is 7.32. The summed E-state index contributed by atoms with van der Waals surface area (Å²) in [7, 11) is 0. The molecule has 1 saturated carbocycles. The fourth-order valence-electron chi connectivity index (χ4n) is 1.08. The molecule has 0 heterocycles. The molecule has 0 spiro atoms. The molecule has 0 unspecified atom stereocenters. The van der Waals surface area contributed by atoms with E-state index in [9.17, 15) is 0 Å². The summed E-state index contributed by atoms with van der Waals surface area (Å²) in [6, 6.07) is 0.633. The van der Waals surface area contributed by atoms with Gasteiger partial charge in [-0.1, -0.05) is 6.58 Å². The lowest BCUT2D eigenvalue weighted by atomic mass is 9.93. The standard InChI is InChI=1S/C8H14N2/c1-3-9-10(4-2)8-6-5-7-8/h3-4,8H,2,5-7H2,1H3/b9-3-. The van der Waals surface area contributed by atoms with E-state index < -0.39 is 0 Å². The molecule has 56 valence electrons. The highest BCUT2D eigenvalue weighted by Gasteiger charge is 2.21. The Morgan fingerprint density at radius 3 is 2.60 bits per heavy atom. The SMILES string of the molecule is C=CN(/N=C\C)C1CCC1. The van der Waals surface area contributed by atoms with Crippen LogP contribution in [0.1, 0.15) is 26.2 Å². The zero-order valence-corrected chi connectivity index (χ0v) is 6.45. The molecule has 0 aromatic heterocycles. The molecule has 0 aliphatic heterocycles. The van der Waals surface area contributed by atoms with E-state index in [0.29, 0.717) is 6.04 Å². The second-order valence-corrected chi connectivity index (χ2v) is 2.52. The Kier molecular flexibility index (Phi) is 2.49. The van der Waals surface area contributed by atoms with E-state index in [0.717, 1.165) is 0 Å². The van der Waals surface area contributed by atoms with Crippen LogP contribution >= 0.6 is 0 Å². The summed E-state index contributed by atoms with van der Waals surface area (Å²) < 4.78 is 0. The Hall–Kier alpha value is -0.790. The van der Waals surface area contributed by atoms with Gasteiger partial charge in [-0.25, -0.2) is 0 Å². The van der Waals surface area contributed by atoms with Gasteiger partial charge in [0, 0.05) is 12.4 Å². The largest absolute Gasteiger partial charge is 0.271 e. The van der Waals surface area contributed by atoms with Crippen LogP contribution in [-0.2, 0) is 0 Å². The second kappa shape index (κ2) is 3.40. The van der Waals surface area contributed by atoms with Crippen molar-refractivity contribution < 1.29 is 0 Å². The molecule has 2 heteroatoms. The van der Waals surface area contributed by atoms with Crippen LogP contribution in [0.4, 0.5) is 0 Å². The maximum absolute atomic E-state index is 4.15. The lowest BCUT2D eigenvalue weighted by molar-refractivity contribution is 0.192. The van der Waals surface area contributed by atoms with E-state index in [-0.39, 0.29) is 0 Å². The zero-order valence-electron chi connectivity index (χ0n) is 6.45. The maximum atomic E-state index is 4.15. The molecular weight excluding hydrogens is 124 g/mol. The van der Waals surface area contributed by atoms with Gasteiger partial charge < -0.3 is 0 Å². The van der Waals surface area contributed by atoms with Crippen molar-refractivity contribution in [2.24, 2.45) is 5.10 Å². The van der Waals surface area contributed by atoms with Crippen molar-refractivity contribution >= 4 is 6.21 Å². The van der Waals surface area contributed by atoms with Crippen LogP contribution in [0.25, 0.3) is 0 Å². The third-order valence-electron chi connectivity index (χ3n) is 1.88. The first-order valence-electron chi connectivity index (χ1n) is 3.78. The second-order valence-electron chi connectivity index (χ2n) is 2.52. The van der Waals surface area contributed by atoms with Crippen molar-refractivity contribution in [3.8, 4) is 0 Å². The first-order valence-corrected chi connectivity index (χ1v) is 3.78. The molecule has 2 nitrogen and oxygen atoms in total. The van der Waals surface area contributed by atoms with Crippen molar-refractivity contribution in [1.82, 2.24) is 5.01 Å². The number of hydrazone groups is 1. The highest BCUT2D eigenvalue weighted by molar-refractivity contribution is 5.52. The summed E-state index contributed by atoms with van der Waals surface area (Å²) in [5.41, 5.74) is 0. The van der Waals surface area contributed by atoms with Crippen LogP contribution in [0.2, 0.25) is 0 Å². The van der Waals surface area contributed by atoms with Crippen molar-refractivity contribution in [3.63, 3.8) is 0 Å². The molecule has 1 fully saturated rings. The molecule has 0 aromatic rings. The Balaban J connectivity index is 2.38. The Labute approximate surface area is 62.2 Å². The molecule has 0 aromatic carbocycles. The van der Waals surface area contributed by atoms with Gasteiger partial charge in [0.05, 0.1) is 6.04 Å². The van der Waals surface area contributed by atoms with Crippen LogP contribution < -0.4 is 0 Å². The van der Waals surface area contributed by atoms with Gasteiger partial charge in [-0.2, -0.15) is 5.10 Å². The third kappa shape index (κ3) is 1.38. The highest BCUT2D eigenvalue weighted by atomic mass is 15.5. The number of rotatable bonds is 3. The molecule has 10 heavy (non-hydrogen) atoms. The maximum Gasteiger partial charge on any atom is 0.0518 e. The average molecular weight is 138 g/mol. The Morgan fingerprint density at radius 1 is 1.60 bits per heavy atom. The molecule has 0 atom stereocenters. The van der Waals surface area contributed by atoms with Gasteiger partial charge in [0.1, 0.15) is 0 Å². The minimum absolute atomic E-state index is 0.633. The van der Waals surface area contributed by atoms with Crippen LogP contribution in [0.5, 0.6) is 0 Å². The van der Waals surface area contributed by atoms with E-state index in [2.05, 4.69) is 11.7 Å². The van der Waals surface area contributed by atoms with Gasteiger partial charge in [0.2, 0.25) is 0 Å². The third-order valence-corrected chi connectivity index (χ3v) is 1.88. The molecule has 1 aliphatic carbocycles. The van der Waals surface area contributed by atoms with Crippen molar-refractivity contribution in [2.45, 2.75) is 32.2 Å². The van der Waals surface area contributed by atoms with Crippen molar-refractivity contribution in [3.05, 3.63) is 12.8 Å². The lowest BCUT2D eigenvalue weighted by Crippen LogP contribution is -2.32. The van der Waals surface area contributed by atoms with Gasteiger partial charge in [-0.3, -0.25) is 5.01 Å². The highest BCUT2D eigenvalue weighted by Crippen LogP contribution is 2.24. The quantitative estimate of drug-likeness (QED) is 0.430. The lowest BCUT2D eigenvalue weighted by Gasteiger charge is -2.32. The topological polar surface area (TPSA) is 15.6 Å². The first-order chi connectivity index (χ1) is 4.88. The molecule has 0 N–H and O–H groups in total. The van der Waals surface area contributed by atoms with Gasteiger partial charge in [-0.15, -0.1) is 0 Å².